The molecule has 3 aromatic heterocycles. The number of carbonyl (C=O) groups excluding carboxylic acids is 1. The van der Waals surface area contributed by atoms with E-state index in [0.717, 1.165) is 33.9 Å². The summed E-state index contributed by atoms with van der Waals surface area (Å²) in [6.07, 6.45) is 2.55. The van der Waals surface area contributed by atoms with E-state index in [9.17, 15) is 4.79 Å². The van der Waals surface area contributed by atoms with Crippen molar-refractivity contribution in [2.75, 3.05) is 30.2 Å². The molecule has 180 valence electrons. The second-order valence-corrected chi connectivity index (χ2v) is 7.93. The average Bonchev–Trinajstić information content (AvgIpc) is 3.29. The van der Waals surface area contributed by atoms with Gasteiger partial charge in [-0.25, -0.2) is 4.98 Å². The van der Waals surface area contributed by atoms with Crippen molar-refractivity contribution in [1.82, 2.24) is 30.0 Å². The second kappa shape index (κ2) is 10.1. The Morgan fingerprint density at radius 2 is 1.86 bits per heavy atom. The Kier molecular flexibility index (Phi) is 6.76. The van der Waals surface area contributed by atoms with Crippen molar-refractivity contribution in [3.05, 3.63) is 59.9 Å². The number of carbonyl (C=O) groups is 1. The fourth-order valence-corrected chi connectivity index (χ4v) is 3.46. The van der Waals surface area contributed by atoms with Gasteiger partial charge in [0.25, 0.3) is 0 Å². The molecular weight excluding hydrogens is 446 g/mol. The van der Waals surface area contributed by atoms with Crippen LogP contribution < -0.4 is 20.8 Å². The van der Waals surface area contributed by atoms with Gasteiger partial charge in [-0.15, -0.1) is 5.10 Å². The molecule has 3 N–H and O–H groups in total. The van der Waals surface area contributed by atoms with Crippen LogP contribution in [-0.2, 0) is 11.8 Å². The van der Waals surface area contributed by atoms with Crippen molar-refractivity contribution >= 4 is 35.2 Å². The molecule has 0 unspecified atom stereocenters. The molecule has 11 nitrogen and oxygen atoms in total. The number of aromatic nitrogens is 5. The minimum atomic E-state index is 0.493. The number of hydrazine groups is 1. The first-order valence-corrected chi connectivity index (χ1v) is 10.9. The Morgan fingerprint density at radius 1 is 1.03 bits per heavy atom. The van der Waals surface area contributed by atoms with Gasteiger partial charge in [-0.2, -0.15) is 10.2 Å². The molecule has 0 aliphatic carbocycles. The zero-order chi connectivity index (χ0) is 24.9. The number of anilines is 5. The first-order valence-electron chi connectivity index (χ1n) is 10.9. The van der Waals surface area contributed by atoms with Gasteiger partial charge < -0.3 is 15.4 Å². The van der Waals surface area contributed by atoms with E-state index in [0.29, 0.717) is 29.6 Å². The number of nitrogens with zero attached hydrogens (tertiary/aromatic N) is 6. The summed E-state index contributed by atoms with van der Waals surface area (Å²) >= 11 is 0. The molecule has 4 rings (SSSR count). The van der Waals surface area contributed by atoms with Gasteiger partial charge in [0.15, 0.2) is 17.4 Å². The number of hydrogen-bond acceptors (Lipinski definition) is 9. The Hall–Kier alpha value is -4.67. The molecule has 0 atom stereocenters. The summed E-state index contributed by atoms with van der Waals surface area (Å²) in [6.45, 7) is 3.77. The highest BCUT2D eigenvalue weighted by molar-refractivity contribution is 5.81. The standard InChI is InChI=1S/C24H27N9O2/c1-15-9-10-21(29-28-15)26-22-13-20(16(2)24(27-22)31-33(4)14-34)25-19-8-6-7-17(23(19)35-5)18-11-12-32(3)30-18/h6-14H,1-5H3,(H3,25,26,27,29,31). The van der Waals surface area contributed by atoms with Crippen molar-refractivity contribution in [2.24, 2.45) is 7.05 Å². The van der Waals surface area contributed by atoms with Crippen LogP contribution in [0.25, 0.3) is 11.3 Å². The summed E-state index contributed by atoms with van der Waals surface area (Å²) in [4.78, 5) is 15.8. The van der Waals surface area contributed by atoms with E-state index < -0.39 is 0 Å². The number of rotatable bonds is 9. The van der Waals surface area contributed by atoms with Crippen molar-refractivity contribution in [3.8, 4) is 17.0 Å². The normalized spacial score (nSPS) is 10.5. The minimum absolute atomic E-state index is 0.493. The number of amides is 1. The van der Waals surface area contributed by atoms with Gasteiger partial charge in [0.1, 0.15) is 5.82 Å². The van der Waals surface area contributed by atoms with Crippen LogP contribution in [0, 0.1) is 13.8 Å². The summed E-state index contributed by atoms with van der Waals surface area (Å²) < 4.78 is 7.52. The van der Waals surface area contributed by atoms with Crippen molar-refractivity contribution in [1.29, 1.82) is 0 Å². The largest absolute Gasteiger partial charge is 0.494 e. The molecule has 0 bridgehead atoms. The molecule has 3 heterocycles. The third-order valence-electron chi connectivity index (χ3n) is 5.24. The lowest BCUT2D eigenvalue weighted by molar-refractivity contribution is -0.115. The zero-order valence-electron chi connectivity index (χ0n) is 20.2. The molecule has 0 fully saturated rings. The summed E-state index contributed by atoms with van der Waals surface area (Å²) in [7, 11) is 5.10. The smallest absolute Gasteiger partial charge is 0.227 e. The minimum Gasteiger partial charge on any atom is -0.494 e. The Morgan fingerprint density at radius 3 is 2.51 bits per heavy atom. The highest BCUT2D eigenvalue weighted by Gasteiger charge is 2.16. The predicted octanol–water partition coefficient (Wildman–Crippen LogP) is 3.80. The van der Waals surface area contributed by atoms with E-state index >= 15 is 0 Å². The maximum absolute atomic E-state index is 11.2. The summed E-state index contributed by atoms with van der Waals surface area (Å²) in [6, 6.07) is 13.3. The maximum atomic E-state index is 11.2. The van der Waals surface area contributed by atoms with Crippen LogP contribution in [0.1, 0.15) is 11.3 Å². The molecule has 0 saturated heterocycles. The van der Waals surface area contributed by atoms with E-state index in [1.165, 1.54) is 5.01 Å². The Labute approximate surface area is 203 Å². The fourth-order valence-electron chi connectivity index (χ4n) is 3.46. The van der Waals surface area contributed by atoms with Gasteiger partial charge in [0.2, 0.25) is 6.41 Å². The number of hydrogen-bond donors (Lipinski definition) is 3. The monoisotopic (exact) mass is 473 g/mol. The van der Waals surface area contributed by atoms with Gasteiger partial charge in [-0.1, -0.05) is 6.07 Å². The van der Waals surface area contributed by atoms with Gasteiger partial charge in [0.05, 0.1) is 24.2 Å². The van der Waals surface area contributed by atoms with Gasteiger partial charge >= 0.3 is 0 Å². The lowest BCUT2D eigenvalue weighted by atomic mass is 10.1. The van der Waals surface area contributed by atoms with Crippen molar-refractivity contribution in [2.45, 2.75) is 13.8 Å². The van der Waals surface area contributed by atoms with Crippen LogP contribution in [0.2, 0.25) is 0 Å². The third-order valence-corrected chi connectivity index (χ3v) is 5.24. The van der Waals surface area contributed by atoms with Gasteiger partial charge in [-0.05, 0) is 44.2 Å². The maximum Gasteiger partial charge on any atom is 0.227 e. The first-order chi connectivity index (χ1) is 16.9. The number of nitrogens with one attached hydrogen (secondary N) is 3. The molecule has 11 heteroatoms. The number of benzene rings is 1. The number of pyridine rings is 1. The number of ether oxygens (including phenoxy) is 1. The lowest BCUT2D eigenvalue weighted by Gasteiger charge is -2.20. The molecule has 1 aromatic carbocycles. The van der Waals surface area contributed by atoms with Crippen LogP contribution in [0.15, 0.2) is 48.7 Å². The van der Waals surface area contributed by atoms with Crippen LogP contribution in [-0.4, -0.2) is 50.5 Å². The van der Waals surface area contributed by atoms with Crippen LogP contribution in [0.5, 0.6) is 5.75 Å². The Bertz CT molecular complexity index is 1340. The highest BCUT2D eigenvalue weighted by Crippen LogP contribution is 2.38. The number of para-hydroxylation sites is 1. The molecule has 1 amide bonds. The van der Waals surface area contributed by atoms with E-state index in [-0.39, 0.29) is 0 Å². The van der Waals surface area contributed by atoms with Gasteiger partial charge in [0, 0.05) is 43.2 Å². The quantitative estimate of drug-likeness (QED) is 0.246. The lowest BCUT2D eigenvalue weighted by Crippen LogP contribution is -2.24. The molecular formula is C24H27N9O2. The first kappa shape index (κ1) is 23.5. The highest BCUT2D eigenvalue weighted by atomic mass is 16.5. The van der Waals surface area contributed by atoms with Crippen LogP contribution >= 0.6 is 0 Å². The van der Waals surface area contributed by atoms with Crippen LogP contribution in [0.4, 0.5) is 28.8 Å². The molecule has 35 heavy (non-hydrogen) atoms. The van der Waals surface area contributed by atoms with Crippen molar-refractivity contribution < 1.29 is 9.53 Å². The van der Waals surface area contributed by atoms with E-state index in [1.54, 1.807) is 18.8 Å². The molecule has 0 saturated carbocycles. The van der Waals surface area contributed by atoms with Gasteiger partial charge in [-0.3, -0.25) is 19.9 Å². The second-order valence-electron chi connectivity index (χ2n) is 7.93. The van der Waals surface area contributed by atoms with E-state index in [2.05, 4.69) is 36.3 Å². The molecule has 0 spiro atoms. The summed E-state index contributed by atoms with van der Waals surface area (Å²) in [5.74, 6) is 2.20. The fraction of sp³-hybridized carbons (Fsp3) is 0.208. The SMILES string of the molecule is COc1c(Nc2cc(Nc3ccc(C)nn3)nc(NN(C)C=O)c2C)cccc1-c1ccn(C)n1. The third kappa shape index (κ3) is 5.29. The van der Waals surface area contributed by atoms with E-state index in [4.69, 9.17) is 4.74 Å². The zero-order valence-corrected chi connectivity index (χ0v) is 20.2. The van der Waals surface area contributed by atoms with Crippen LogP contribution in [0.3, 0.4) is 0 Å². The Balaban J connectivity index is 1.75. The number of methoxy groups -OCH3 is 1. The molecule has 0 aliphatic heterocycles. The van der Waals surface area contributed by atoms with E-state index in [1.807, 2.05) is 69.6 Å². The summed E-state index contributed by atoms with van der Waals surface area (Å²) in [5, 5.41) is 20.7. The molecule has 0 aliphatic rings. The van der Waals surface area contributed by atoms with Crippen molar-refractivity contribution in [3.63, 3.8) is 0 Å². The average molecular weight is 474 g/mol. The summed E-state index contributed by atoms with van der Waals surface area (Å²) in [5.41, 5.74) is 7.75. The predicted molar refractivity (Wildman–Crippen MR) is 135 cm³/mol. The molecule has 4 aromatic rings. The molecule has 0 radical (unpaired) electrons. The topological polar surface area (TPSA) is 122 Å². The number of aryl methyl sites for hydroxylation is 2.